The molecule has 8 heteroatoms. The Morgan fingerprint density at radius 1 is 0.588 bits per heavy atom. The lowest BCUT2D eigenvalue weighted by Crippen LogP contribution is -2.30. The van der Waals surface area contributed by atoms with Crippen LogP contribution in [0.4, 0.5) is 0 Å². The molecule has 210 valence electrons. The van der Waals surface area contributed by atoms with Gasteiger partial charge in [0.2, 0.25) is 0 Å². The van der Waals surface area contributed by atoms with Crippen LogP contribution in [-0.2, 0) is 28.8 Å². The molecule has 0 aliphatic heterocycles. The van der Waals surface area contributed by atoms with E-state index in [1.54, 1.807) is 13.8 Å². The van der Waals surface area contributed by atoms with Crippen LogP contribution in [0.25, 0.3) is 0 Å². The molecule has 0 unspecified atom stereocenters. The van der Waals surface area contributed by atoms with E-state index in [2.05, 4.69) is 39.6 Å². The molecule has 7 nitrogen and oxygen atoms in total. The van der Waals surface area contributed by atoms with E-state index in [1.165, 1.54) is 0 Å². The first kappa shape index (κ1) is 38.3. The predicted molar refractivity (Wildman–Crippen MR) is 146 cm³/mol. The van der Waals surface area contributed by atoms with Gasteiger partial charge in [0.05, 0.1) is 55.2 Å². The number of hydrogen-bond acceptors (Lipinski definition) is 7. The molecular weight excluding hydrogens is 454 g/mol. The minimum Gasteiger partial charge on any atom is -0.379 e. The van der Waals surface area contributed by atoms with E-state index < -0.39 is 9.84 Å². The fourth-order valence-electron chi connectivity index (χ4n) is 2.07. The average Bonchev–Trinajstić information content (AvgIpc) is 2.68. The molecule has 0 aromatic carbocycles. The van der Waals surface area contributed by atoms with Crippen molar-refractivity contribution >= 4 is 9.84 Å². The highest BCUT2D eigenvalue weighted by Gasteiger charge is 2.15. The van der Waals surface area contributed by atoms with Gasteiger partial charge in [-0.3, -0.25) is 0 Å². The van der Waals surface area contributed by atoms with Crippen LogP contribution in [0.15, 0.2) is 0 Å². The van der Waals surface area contributed by atoms with Crippen LogP contribution in [0.5, 0.6) is 0 Å². The molecule has 0 N–H and O–H groups in total. The summed E-state index contributed by atoms with van der Waals surface area (Å²) in [5, 5.41) is -0.272. The van der Waals surface area contributed by atoms with Crippen molar-refractivity contribution in [1.29, 1.82) is 0 Å². The van der Waals surface area contributed by atoms with Gasteiger partial charge < -0.3 is 23.8 Å². The van der Waals surface area contributed by atoms with Gasteiger partial charge >= 0.3 is 0 Å². The molecule has 0 aliphatic carbocycles. The molecule has 0 aromatic heterocycles. The van der Waals surface area contributed by atoms with Crippen molar-refractivity contribution in [3.8, 4) is 0 Å². The fraction of sp³-hybridized carbons (Fsp3) is 1.00. The second-order valence-corrected chi connectivity index (χ2v) is 12.7. The van der Waals surface area contributed by atoms with E-state index in [9.17, 15) is 8.42 Å². The fourth-order valence-corrected chi connectivity index (χ4v) is 3.06. The molecule has 0 bridgehead atoms. The smallest absolute Gasteiger partial charge is 0.152 e. The molecule has 0 radical (unpaired) electrons. The van der Waals surface area contributed by atoms with E-state index in [0.717, 1.165) is 13.2 Å². The Morgan fingerprint density at radius 3 is 1.26 bits per heavy atom. The summed E-state index contributed by atoms with van der Waals surface area (Å²) < 4.78 is 43.8. The molecular formula is C26H59NO6S. The average molecular weight is 514 g/mol. The van der Waals surface area contributed by atoms with Crippen molar-refractivity contribution in [2.45, 2.75) is 125 Å². The summed E-state index contributed by atoms with van der Waals surface area (Å²) in [7, 11) is -0.757. The summed E-state index contributed by atoms with van der Waals surface area (Å²) in [5.41, 5.74) is 0. The van der Waals surface area contributed by atoms with Gasteiger partial charge in [-0.05, 0) is 96.6 Å². The van der Waals surface area contributed by atoms with E-state index in [0.29, 0.717) is 50.6 Å². The topological polar surface area (TPSA) is 74.3 Å². The van der Waals surface area contributed by atoms with Crippen molar-refractivity contribution in [1.82, 2.24) is 4.90 Å². The molecule has 0 aliphatic rings. The maximum Gasteiger partial charge on any atom is 0.152 e. The summed E-state index contributed by atoms with van der Waals surface area (Å²) in [4.78, 5) is 2.28. The third-order valence-corrected chi connectivity index (χ3v) is 6.80. The van der Waals surface area contributed by atoms with Crippen molar-refractivity contribution < 1.29 is 27.4 Å². The number of likely N-dealkylation sites (N-methyl/N-ethyl adjacent to an activating group) is 1. The summed E-state index contributed by atoms with van der Waals surface area (Å²) in [6, 6.07) is 0.616. The van der Waals surface area contributed by atoms with Crippen LogP contribution in [0.1, 0.15) is 89.5 Å². The Balaban J connectivity index is -0.000000428. The molecule has 34 heavy (non-hydrogen) atoms. The van der Waals surface area contributed by atoms with Gasteiger partial charge in [0.1, 0.15) is 0 Å². The van der Waals surface area contributed by atoms with Gasteiger partial charge in [0, 0.05) is 19.2 Å². The lowest BCUT2D eigenvalue weighted by atomic mass is 10.3. The second kappa shape index (κ2) is 23.2. The van der Waals surface area contributed by atoms with Gasteiger partial charge in [0.15, 0.2) is 9.84 Å². The molecule has 0 saturated carbocycles. The number of ether oxygens (including phenoxy) is 4. The third-order valence-electron chi connectivity index (χ3n) is 4.51. The SMILES string of the molecule is CC(C)OCCCS(=O)(=O)C(C)C.CC(C)OCCN(C)C(C)C.CC(C)OCCOC(C)C. The number of rotatable bonds is 16. The molecule has 0 rings (SSSR count). The number of nitrogens with zero attached hydrogens (tertiary/aromatic N) is 1. The highest BCUT2D eigenvalue weighted by molar-refractivity contribution is 7.91. The highest BCUT2D eigenvalue weighted by Crippen LogP contribution is 2.03. The van der Waals surface area contributed by atoms with Gasteiger partial charge in [-0.15, -0.1) is 0 Å². The van der Waals surface area contributed by atoms with Crippen LogP contribution >= 0.6 is 0 Å². The van der Waals surface area contributed by atoms with Gasteiger partial charge in [0.25, 0.3) is 0 Å². The Hall–Kier alpha value is -0.250. The minimum absolute atomic E-state index is 0.182. The molecule has 0 saturated heterocycles. The van der Waals surface area contributed by atoms with Gasteiger partial charge in [-0.2, -0.15) is 0 Å². The van der Waals surface area contributed by atoms with Crippen LogP contribution < -0.4 is 0 Å². The molecule has 0 spiro atoms. The van der Waals surface area contributed by atoms with Gasteiger partial charge in [-0.25, -0.2) is 8.42 Å². The standard InChI is InChI=1S/C9H21NO.C9H20O3S.C8H18O2/c1-8(2)10(5)6-7-11-9(3)4;1-8(2)12-6-5-7-13(10,11)9(3)4;1-7(2)9-5-6-10-8(3)4/h8-9H,6-7H2,1-5H3;8-9H,5-7H2,1-4H3;7-8H,5-6H2,1-4H3. The van der Waals surface area contributed by atoms with Crippen LogP contribution in [0.2, 0.25) is 0 Å². The van der Waals surface area contributed by atoms with E-state index in [1.807, 2.05) is 41.5 Å². The summed E-state index contributed by atoms with van der Waals surface area (Å²) in [6.45, 7) is 27.7. The van der Waals surface area contributed by atoms with Crippen LogP contribution in [-0.4, -0.2) is 94.8 Å². The lowest BCUT2D eigenvalue weighted by Gasteiger charge is -2.21. The zero-order chi connectivity index (χ0) is 27.3. The summed E-state index contributed by atoms with van der Waals surface area (Å²) in [6.07, 6.45) is 1.77. The zero-order valence-electron chi connectivity index (χ0n) is 24.7. The number of hydrogen-bond donors (Lipinski definition) is 0. The van der Waals surface area contributed by atoms with Crippen molar-refractivity contribution in [2.24, 2.45) is 0 Å². The van der Waals surface area contributed by atoms with E-state index >= 15 is 0 Å². The monoisotopic (exact) mass is 513 g/mol. The predicted octanol–water partition coefficient (Wildman–Crippen LogP) is 5.21. The first-order valence-corrected chi connectivity index (χ1v) is 14.6. The Labute approximate surface area is 213 Å². The highest BCUT2D eigenvalue weighted by atomic mass is 32.2. The molecule has 0 aromatic rings. The van der Waals surface area contributed by atoms with E-state index in [-0.39, 0.29) is 17.1 Å². The maximum absolute atomic E-state index is 11.3. The maximum atomic E-state index is 11.3. The lowest BCUT2D eigenvalue weighted by molar-refractivity contribution is -0.00108. The largest absolute Gasteiger partial charge is 0.379 e. The Kier molecular flexibility index (Phi) is 26.1. The minimum atomic E-state index is -2.88. The summed E-state index contributed by atoms with van der Waals surface area (Å²) in [5.74, 6) is 0.234. The summed E-state index contributed by atoms with van der Waals surface area (Å²) >= 11 is 0. The van der Waals surface area contributed by atoms with Crippen LogP contribution in [0, 0.1) is 0 Å². The Bertz CT molecular complexity index is 509. The Morgan fingerprint density at radius 2 is 0.941 bits per heavy atom. The molecule has 0 amide bonds. The molecule has 0 fully saturated rings. The van der Waals surface area contributed by atoms with E-state index in [4.69, 9.17) is 18.9 Å². The second-order valence-electron chi connectivity index (χ2n) is 10.0. The molecule has 0 heterocycles. The molecule has 0 atom stereocenters. The van der Waals surface area contributed by atoms with Crippen molar-refractivity contribution in [3.63, 3.8) is 0 Å². The van der Waals surface area contributed by atoms with Crippen molar-refractivity contribution in [3.05, 3.63) is 0 Å². The zero-order valence-corrected chi connectivity index (χ0v) is 25.5. The number of sulfone groups is 1. The third kappa shape index (κ3) is 31.8. The normalized spacial score (nSPS) is 12.1. The first-order valence-electron chi connectivity index (χ1n) is 12.9. The first-order chi connectivity index (χ1) is 15.5. The quantitative estimate of drug-likeness (QED) is 0.262. The van der Waals surface area contributed by atoms with Crippen molar-refractivity contribution in [2.75, 3.05) is 45.8 Å². The van der Waals surface area contributed by atoms with Gasteiger partial charge in [-0.1, -0.05) is 0 Å². The van der Waals surface area contributed by atoms with Crippen LogP contribution in [0.3, 0.4) is 0 Å².